The number of rotatable bonds is 4. The van der Waals surface area contributed by atoms with Crippen LogP contribution >= 0.6 is 0 Å². The van der Waals surface area contributed by atoms with Crippen LogP contribution in [0.25, 0.3) is 0 Å². The third-order valence-electron chi connectivity index (χ3n) is 4.54. The van der Waals surface area contributed by atoms with Crippen LogP contribution in [0.5, 0.6) is 0 Å². The number of amides is 3. The van der Waals surface area contributed by atoms with Gasteiger partial charge in [0.25, 0.3) is 11.8 Å². The molecule has 1 aromatic carbocycles. The van der Waals surface area contributed by atoms with Gasteiger partial charge in [0.15, 0.2) is 0 Å². The monoisotopic (exact) mass is 300 g/mol. The first-order valence-corrected chi connectivity index (χ1v) is 7.93. The number of nitrogens with one attached hydrogen (secondary N) is 2. The van der Waals surface area contributed by atoms with Crippen molar-refractivity contribution in [3.8, 4) is 0 Å². The molecule has 0 atom stereocenters. The molecule has 0 radical (unpaired) electrons. The number of carbonyl (C=O) groups is 3. The number of fused-ring (bicyclic) bond motifs is 1. The molecule has 0 spiro atoms. The second-order valence-corrected chi connectivity index (χ2v) is 6.10. The van der Waals surface area contributed by atoms with Crippen molar-refractivity contribution in [3.63, 3.8) is 0 Å². The summed E-state index contributed by atoms with van der Waals surface area (Å²) >= 11 is 0. The fraction of sp³-hybridized carbons (Fsp3) is 0.471. The van der Waals surface area contributed by atoms with E-state index in [2.05, 4.69) is 10.6 Å². The van der Waals surface area contributed by atoms with Gasteiger partial charge in [0.2, 0.25) is 5.91 Å². The fourth-order valence-corrected chi connectivity index (χ4v) is 3.35. The van der Waals surface area contributed by atoms with E-state index < -0.39 is 11.8 Å². The number of carbonyl (C=O) groups excluding carboxylic acids is 3. The third kappa shape index (κ3) is 3.03. The molecular formula is C17H20N2O3. The summed E-state index contributed by atoms with van der Waals surface area (Å²) < 4.78 is 0. The molecule has 2 aliphatic rings. The molecule has 2 N–H and O–H groups in total. The van der Waals surface area contributed by atoms with Crippen LogP contribution < -0.4 is 10.6 Å². The molecule has 0 aromatic heterocycles. The number of benzene rings is 1. The lowest BCUT2D eigenvalue weighted by atomic mass is 9.86. The number of anilines is 1. The van der Waals surface area contributed by atoms with Crippen LogP contribution in [-0.2, 0) is 4.79 Å². The highest BCUT2D eigenvalue weighted by atomic mass is 16.2. The average Bonchev–Trinajstić information content (AvgIpc) is 2.82. The van der Waals surface area contributed by atoms with Gasteiger partial charge in [-0.15, -0.1) is 0 Å². The molecule has 3 rings (SSSR count). The molecule has 0 saturated heterocycles. The van der Waals surface area contributed by atoms with Gasteiger partial charge in [0.05, 0.1) is 16.8 Å². The van der Waals surface area contributed by atoms with Gasteiger partial charge in [-0.1, -0.05) is 38.2 Å². The minimum absolute atomic E-state index is 0.0916. The number of hydrogen-bond acceptors (Lipinski definition) is 3. The second kappa shape index (κ2) is 6.30. The Morgan fingerprint density at radius 3 is 2.68 bits per heavy atom. The molecule has 22 heavy (non-hydrogen) atoms. The van der Waals surface area contributed by atoms with Gasteiger partial charge in [-0.3, -0.25) is 19.7 Å². The third-order valence-corrected chi connectivity index (χ3v) is 4.54. The summed E-state index contributed by atoms with van der Waals surface area (Å²) in [5, 5.41) is 5.03. The van der Waals surface area contributed by atoms with Gasteiger partial charge in [0, 0.05) is 6.42 Å². The van der Waals surface area contributed by atoms with Crippen molar-refractivity contribution in [2.75, 3.05) is 5.32 Å². The van der Waals surface area contributed by atoms with Gasteiger partial charge in [0.1, 0.15) is 0 Å². The van der Waals surface area contributed by atoms with E-state index >= 15 is 0 Å². The van der Waals surface area contributed by atoms with E-state index in [1.807, 2.05) is 0 Å². The molecule has 1 aromatic rings. The first-order chi connectivity index (χ1) is 10.6. The van der Waals surface area contributed by atoms with Crippen molar-refractivity contribution >= 4 is 23.4 Å². The fourth-order valence-electron chi connectivity index (χ4n) is 3.35. The predicted molar refractivity (Wildman–Crippen MR) is 82.7 cm³/mol. The molecule has 0 bridgehead atoms. The quantitative estimate of drug-likeness (QED) is 0.840. The van der Waals surface area contributed by atoms with Crippen LogP contribution in [0.15, 0.2) is 18.2 Å². The lowest BCUT2D eigenvalue weighted by molar-refractivity contribution is -0.116. The van der Waals surface area contributed by atoms with Gasteiger partial charge in [-0.25, -0.2) is 0 Å². The first kappa shape index (κ1) is 14.8. The summed E-state index contributed by atoms with van der Waals surface area (Å²) in [7, 11) is 0. The van der Waals surface area contributed by atoms with Crippen molar-refractivity contribution in [1.29, 1.82) is 0 Å². The molecular weight excluding hydrogens is 280 g/mol. The minimum atomic E-state index is -0.441. The number of hydrogen-bond donors (Lipinski definition) is 2. The maximum Gasteiger partial charge on any atom is 0.261 e. The zero-order chi connectivity index (χ0) is 15.5. The molecule has 5 nitrogen and oxygen atoms in total. The molecule has 1 heterocycles. The van der Waals surface area contributed by atoms with Crippen LogP contribution in [0.3, 0.4) is 0 Å². The highest BCUT2D eigenvalue weighted by molar-refractivity contribution is 6.24. The Hall–Kier alpha value is -2.17. The zero-order valence-electron chi connectivity index (χ0n) is 12.5. The Kier molecular flexibility index (Phi) is 4.22. The van der Waals surface area contributed by atoms with Crippen LogP contribution in [0, 0.1) is 5.92 Å². The molecule has 1 saturated carbocycles. The Morgan fingerprint density at radius 1 is 1.14 bits per heavy atom. The van der Waals surface area contributed by atoms with Crippen LogP contribution in [0.4, 0.5) is 5.69 Å². The molecule has 3 amide bonds. The Balaban J connectivity index is 1.62. The molecule has 1 aliphatic carbocycles. The normalized spacial score (nSPS) is 18.0. The highest BCUT2D eigenvalue weighted by Crippen LogP contribution is 2.28. The predicted octanol–water partition coefficient (Wildman–Crippen LogP) is 2.87. The van der Waals surface area contributed by atoms with Gasteiger partial charge < -0.3 is 5.32 Å². The summed E-state index contributed by atoms with van der Waals surface area (Å²) in [6.45, 7) is 0. The van der Waals surface area contributed by atoms with E-state index in [1.165, 1.54) is 32.1 Å². The lowest BCUT2D eigenvalue weighted by Gasteiger charge is -2.21. The van der Waals surface area contributed by atoms with Gasteiger partial charge in [-0.2, -0.15) is 0 Å². The summed E-state index contributed by atoms with van der Waals surface area (Å²) in [5.74, 6) is -0.293. The van der Waals surface area contributed by atoms with E-state index in [0.29, 0.717) is 23.6 Å². The summed E-state index contributed by atoms with van der Waals surface area (Å²) in [6.07, 6.45) is 7.62. The van der Waals surface area contributed by atoms with Crippen LogP contribution in [0.1, 0.15) is 65.7 Å². The molecule has 0 unspecified atom stereocenters. The minimum Gasteiger partial charge on any atom is -0.325 e. The van der Waals surface area contributed by atoms with Crippen LogP contribution in [0.2, 0.25) is 0 Å². The Bertz CT molecular complexity index is 618. The van der Waals surface area contributed by atoms with E-state index in [1.54, 1.807) is 18.2 Å². The van der Waals surface area contributed by atoms with Gasteiger partial charge >= 0.3 is 0 Å². The van der Waals surface area contributed by atoms with Crippen molar-refractivity contribution in [3.05, 3.63) is 29.3 Å². The van der Waals surface area contributed by atoms with Crippen molar-refractivity contribution in [2.24, 2.45) is 5.92 Å². The molecule has 1 fully saturated rings. The van der Waals surface area contributed by atoms with E-state index in [0.717, 1.165) is 6.42 Å². The summed E-state index contributed by atoms with van der Waals surface area (Å²) in [4.78, 5) is 35.5. The van der Waals surface area contributed by atoms with Crippen molar-refractivity contribution < 1.29 is 14.4 Å². The van der Waals surface area contributed by atoms with Crippen LogP contribution in [-0.4, -0.2) is 17.7 Å². The zero-order valence-corrected chi connectivity index (χ0v) is 12.5. The lowest BCUT2D eigenvalue weighted by Crippen LogP contribution is -2.21. The SMILES string of the molecule is O=C(CCC1CCCCC1)Nc1cccc2c1C(=O)NC2=O. The maximum atomic E-state index is 12.1. The number of imide groups is 1. The topological polar surface area (TPSA) is 75.3 Å². The largest absolute Gasteiger partial charge is 0.325 e. The smallest absolute Gasteiger partial charge is 0.261 e. The summed E-state index contributed by atoms with van der Waals surface area (Å²) in [6, 6.07) is 4.93. The van der Waals surface area contributed by atoms with E-state index in [-0.39, 0.29) is 11.5 Å². The van der Waals surface area contributed by atoms with E-state index in [9.17, 15) is 14.4 Å². The van der Waals surface area contributed by atoms with Crippen molar-refractivity contribution in [2.45, 2.75) is 44.9 Å². The molecule has 5 heteroatoms. The Morgan fingerprint density at radius 2 is 1.91 bits per heavy atom. The Labute approximate surface area is 129 Å². The van der Waals surface area contributed by atoms with Gasteiger partial charge in [-0.05, 0) is 24.5 Å². The first-order valence-electron chi connectivity index (χ1n) is 7.93. The highest BCUT2D eigenvalue weighted by Gasteiger charge is 2.29. The van der Waals surface area contributed by atoms with Crippen molar-refractivity contribution in [1.82, 2.24) is 5.32 Å². The molecule has 116 valence electrons. The molecule has 1 aliphatic heterocycles. The van der Waals surface area contributed by atoms with E-state index in [4.69, 9.17) is 0 Å². The summed E-state index contributed by atoms with van der Waals surface area (Å²) in [5.41, 5.74) is 1.03. The standard InChI is InChI=1S/C17H20N2O3/c20-14(10-9-11-5-2-1-3-6-11)18-13-8-4-7-12-15(13)17(22)19-16(12)21/h4,7-8,11H,1-3,5-6,9-10H2,(H,18,20)(H,19,21,22). The second-order valence-electron chi connectivity index (χ2n) is 6.10. The average molecular weight is 300 g/mol. The maximum absolute atomic E-state index is 12.1.